The van der Waals surface area contributed by atoms with Crippen LogP contribution < -0.4 is 11.1 Å². The second-order valence-electron chi connectivity index (χ2n) is 2.20. The molecule has 4 nitrogen and oxygen atoms in total. The van der Waals surface area contributed by atoms with Gasteiger partial charge in [0.05, 0.1) is 12.7 Å². The summed E-state index contributed by atoms with van der Waals surface area (Å²) in [5, 5.41) is 2.10. The Morgan fingerprint density at radius 1 is 1.54 bits per heavy atom. The van der Waals surface area contributed by atoms with Crippen molar-refractivity contribution >= 4 is 11.8 Å². The summed E-state index contributed by atoms with van der Waals surface area (Å²) < 4.78 is 36.1. The molecule has 72 valence electrons. The van der Waals surface area contributed by atoms with Gasteiger partial charge in [-0.3, -0.25) is 0 Å². The summed E-state index contributed by atoms with van der Waals surface area (Å²) in [5.74, 6) is -1.29. The van der Waals surface area contributed by atoms with E-state index in [4.69, 9.17) is 5.73 Å². The second kappa shape index (κ2) is 3.92. The van der Waals surface area contributed by atoms with E-state index in [-0.39, 0.29) is 11.8 Å². The lowest BCUT2D eigenvalue weighted by molar-refractivity contribution is 0.163. The van der Waals surface area contributed by atoms with Gasteiger partial charge < -0.3 is 11.1 Å². The summed E-state index contributed by atoms with van der Waals surface area (Å²) in [6, 6.07) is 0. The number of nitrogen functional groups attached to an aromatic ring is 1. The quantitative estimate of drug-likeness (QED) is 0.745. The molecule has 1 aromatic rings. The van der Waals surface area contributed by atoms with Gasteiger partial charge in [0.25, 0.3) is 6.43 Å². The van der Waals surface area contributed by atoms with Crippen molar-refractivity contribution < 1.29 is 13.2 Å². The van der Waals surface area contributed by atoms with Crippen LogP contribution in [0.25, 0.3) is 0 Å². The molecule has 0 aliphatic heterocycles. The number of hydrogen-bond donors (Lipinski definition) is 2. The molecule has 0 radical (unpaired) electrons. The van der Waals surface area contributed by atoms with Gasteiger partial charge >= 0.3 is 0 Å². The summed E-state index contributed by atoms with van der Waals surface area (Å²) >= 11 is 0. The highest BCUT2D eigenvalue weighted by Gasteiger charge is 2.07. The molecule has 0 aliphatic rings. The lowest BCUT2D eigenvalue weighted by Crippen LogP contribution is -2.13. The van der Waals surface area contributed by atoms with Crippen LogP contribution in [0.15, 0.2) is 6.20 Å². The molecule has 0 unspecified atom stereocenters. The maximum absolute atomic E-state index is 12.7. The molecule has 0 fully saturated rings. The lowest BCUT2D eigenvalue weighted by Gasteiger charge is -2.05. The molecule has 0 saturated heterocycles. The van der Waals surface area contributed by atoms with Gasteiger partial charge in [-0.2, -0.15) is 4.98 Å². The van der Waals surface area contributed by atoms with E-state index in [9.17, 15) is 13.2 Å². The fraction of sp³-hybridized carbons (Fsp3) is 0.333. The predicted molar refractivity (Wildman–Crippen MR) is 40.9 cm³/mol. The van der Waals surface area contributed by atoms with E-state index in [0.29, 0.717) is 0 Å². The van der Waals surface area contributed by atoms with Gasteiger partial charge in [-0.15, -0.1) is 0 Å². The van der Waals surface area contributed by atoms with Gasteiger partial charge in [0.1, 0.15) is 0 Å². The average Bonchev–Trinajstić information content (AvgIpc) is 2.06. The first-order chi connectivity index (χ1) is 6.09. The molecule has 3 N–H and O–H groups in total. The van der Waals surface area contributed by atoms with E-state index >= 15 is 0 Å². The van der Waals surface area contributed by atoms with Crippen LogP contribution in [0.1, 0.15) is 0 Å². The number of nitrogens with zero attached hydrogens (tertiary/aromatic N) is 2. The number of rotatable bonds is 3. The molecule has 7 heteroatoms. The van der Waals surface area contributed by atoms with E-state index in [1.807, 2.05) is 0 Å². The first-order valence-electron chi connectivity index (χ1n) is 3.39. The molecule has 0 spiro atoms. The molecule has 1 heterocycles. The topological polar surface area (TPSA) is 63.8 Å². The molecular formula is C6H7F3N4. The van der Waals surface area contributed by atoms with Crippen LogP contribution in [0.2, 0.25) is 0 Å². The first kappa shape index (κ1) is 9.56. The van der Waals surface area contributed by atoms with Crippen LogP contribution in [0.3, 0.4) is 0 Å². The van der Waals surface area contributed by atoms with Crippen molar-refractivity contribution in [1.29, 1.82) is 0 Å². The molecule has 0 atom stereocenters. The van der Waals surface area contributed by atoms with Crippen LogP contribution in [0.5, 0.6) is 0 Å². The Morgan fingerprint density at radius 3 is 2.85 bits per heavy atom. The predicted octanol–water partition coefficient (Wildman–Crippen LogP) is 0.875. The van der Waals surface area contributed by atoms with Crippen molar-refractivity contribution in [1.82, 2.24) is 9.97 Å². The maximum atomic E-state index is 12.7. The van der Waals surface area contributed by atoms with Gasteiger partial charge in [-0.05, 0) is 0 Å². The zero-order valence-corrected chi connectivity index (χ0v) is 6.47. The van der Waals surface area contributed by atoms with Gasteiger partial charge in [0.15, 0.2) is 11.6 Å². The van der Waals surface area contributed by atoms with Gasteiger partial charge in [0, 0.05) is 0 Å². The molecule has 1 aromatic heterocycles. The third kappa shape index (κ3) is 2.77. The second-order valence-corrected chi connectivity index (χ2v) is 2.20. The van der Waals surface area contributed by atoms with E-state index in [1.165, 1.54) is 0 Å². The number of aromatic nitrogens is 2. The lowest BCUT2D eigenvalue weighted by atomic mass is 10.5. The molecule has 1 rings (SSSR count). The SMILES string of the molecule is Nc1ncc(F)c(NCC(F)F)n1. The van der Waals surface area contributed by atoms with Crippen molar-refractivity contribution in [3.05, 3.63) is 12.0 Å². The highest BCUT2D eigenvalue weighted by molar-refractivity contribution is 5.38. The van der Waals surface area contributed by atoms with Crippen molar-refractivity contribution in [3.63, 3.8) is 0 Å². The number of nitrogens with one attached hydrogen (secondary N) is 1. The Kier molecular flexibility index (Phi) is 2.88. The van der Waals surface area contributed by atoms with Gasteiger partial charge in [0.2, 0.25) is 5.95 Å². The zero-order chi connectivity index (χ0) is 9.84. The molecule has 0 aromatic carbocycles. The minimum atomic E-state index is -2.57. The van der Waals surface area contributed by atoms with E-state index < -0.39 is 18.8 Å². The minimum absolute atomic E-state index is 0.168. The van der Waals surface area contributed by atoms with Crippen molar-refractivity contribution in [2.24, 2.45) is 0 Å². The standard InChI is InChI=1S/C6H7F3N4/c7-3-1-12-6(10)13-5(3)11-2-4(8)9/h1,4H,2H2,(H3,10,11,12,13). The first-order valence-corrected chi connectivity index (χ1v) is 3.39. The Balaban J connectivity index is 2.70. The molecule has 0 amide bonds. The fourth-order valence-corrected chi connectivity index (χ4v) is 0.679. The molecule has 13 heavy (non-hydrogen) atoms. The average molecular weight is 192 g/mol. The Morgan fingerprint density at radius 2 is 2.23 bits per heavy atom. The van der Waals surface area contributed by atoms with Crippen LogP contribution in [0, 0.1) is 5.82 Å². The third-order valence-electron chi connectivity index (χ3n) is 1.19. The van der Waals surface area contributed by atoms with Gasteiger partial charge in [-0.1, -0.05) is 0 Å². The Hall–Kier alpha value is -1.53. The third-order valence-corrected chi connectivity index (χ3v) is 1.19. The summed E-state index contributed by atoms with van der Waals surface area (Å²) in [5.41, 5.74) is 5.12. The summed E-state index contributed by atoms with van der Waals surface area (Å²) in [6.07, 6.45) is -1.76. The van der Waals surface area contributed by atoms with E-state index in [2.05, 4.69) is 15.3 Å². The number of halogens is 3. The van der Waals surface area contributed by atoms with E-state index in [1.54, 1.807) is 0 Å². The zero-order valence-electron chi connectivity index (χ0n) is 6.47. The summed E-state index contributed by atoms with van der Waals surface area (Å²) in [4.78, 5) is 6.72. The summed E-state index contributed by atoms with van der Waals surface area (Å²) in [7, 11) is 0. The van der Waals surface area contributed by atoms with Crippen LogP contribution in [-0.2, 0) is 0 Å². The van der Waals surface area contributed by atoms with E-state index in [0.717, 1.165) is 6.20 Å². The number of anilines is 2. The van der Waals surface area contributed by atoms with Crippen molar-refractivity contribution in [3.8, 4) is 0 Å². The normalized spacial score (nSPS) is 10.5. The molecule has 0 aliphatic carbocycles. The van der Waals surface area contributed by atoms with Crippen molar-refractivity contribution in [2.45, 2.75) is 6.43 Å². The number of nitrogens with two attached hydrogens (primary N) is 1. The molecule has 0 bridgehead atoms. The summed E-state index contributed by atoms with van der Waals surface area (Å²) in [6.45, 7) is -0.673. The highest BCUT2D eigenvalue weighted by atomic mass is 19.3. The largest absolute Gasteiger partial charge is 0.368 e. The Labute approximate surface area is 72.0 Å². The molecule has 0 saturated carbocycles. The minimum Gasteiger partial charge on any atom is -0.368 e. The van der Waals surface area contributed by atoms with Gasteiger partial charge in [-0.25, -0.2) is 18.2 Å². The maximum Gasteiger partial charge on any atom is 0.255 e. The smallest absolute Gasteiger partial charge is 0.255 e. The Bertz CT molecular complexity index is 291. The van der Waals surface area contributed by atoms with Crippen molar-refractivity contribution in [2.75, 3.05) is 17.6 Å². The monoisotopic (exact) mass is 192 g/mol. The van der Waals surface area contributed by atoms with Crippen LogP contribution >= 0.6 is 0 Å². The number of alkyl halides is 2. The van der Waals surface area contributed by atoms with Crippen LogP contribution in [0.4, 0.5) is 24.9 Å². The fourth-order valence-electron chi connectivity index (χ4n) is 0.679. The number of hydrogen-bond acceptors (Lipinski definition) is 4. The van der Waals surface area contributed by atoms with Crippen LogP contribution in [-0.4, -0.2) is 22.9 Å². The molecular weight excluding hydrogens is 185 g/mol. The highest BCUT2D eigenvalue weighted by Crippen LogP contribution is 2.10.